The van der Waals surface area contributed by atoms with Crippen molar-refractivity contribution >= 4 is 11.3 Å². The molecule has 0 aliphatic heterocycles. The molecule has 0 aliphatic carbocycles. The summed E-state index contributed by atoms with van der Waals surface area (Å²) >= 11 is 1.61. The Morgan fingerprint density at radius 1 is 1.17 bits per heavy atom. The second-order valence-corrected chi connectivity index (χ2v) is 6.32. The van der Waals surface area contributed by atoms with Crippen LogP contribution in [0.5, 0.6) is 0 Å². The Kier molecular flexibility index (Phi) is 3.20. The molecule has 0 saturated carbocycles. The quantitative estimate of drug-likeness (QED) is 0.544. The summed E-state index contributed by atoms with van der Waals surface area (Å²) < 4.78 is 12.4. The molecule has 0 atom stereocenters. The first kappa shape index (κ1) is 14.0. The largest absolute Gasteiger partial charge is 0.472 e. The van der Waals surface area contributed by atoms with Crippen molar-refractivity contribution in [2.75, 3.05) is 0 Å². The molecule has 0 radical (unpaired) electrons. The maximum Gasteiger partial charge on any atom is 0.180 e. The van der Waals surface area contributed by atoms with E-state index in [0.29, 0.717) is 0 Å². The molecular weight excluding hydrogens is 310 g/mol. The lowest BCUT2D eigenvalue weighted by atomic mass is 10.2. The van der Waals surface area contributed by atoms with E-state index in [2.05, 4.69) is 35.0 Å². The molecule has 0 saturated heterocycles. The summed E-state index contributed by atoms with van der Waals surface area (Å²) in [4.78, 5) is 4.74. The van der Waals surface area contributed by atoms with Crippen molar-refractivity contribution in [3.8, 4) is 27.6 Å². The van der Waals surface area contributed by atoms with Crippen LogP contribution in [-0.2, 0) is 0 Å². The summed E-state index contributed by atoms with van der Waals surface area (Å²) in [5.41, 5.74) is 5.27. The molecule has 116 valence electrons. The molecule has 4 rings (SSSR count). The van der Waals surface area contributed by atoms with Gasteiger partial charge in [-0.05, 0) is 32.9 Å². The predicted octanol–water partition coefficient (Wildman–Crippen LogP) is 4.77. The minimum Gasteiger partial charge on any atom is -0.472 e. The van der Waals surface area contributed by atoms with E-state index in [-0.39, 0.29) is 0 Å². The van der Waals surface area contributed by atoms with Gasteiger partial charge in [-0.25, -0.2) is 4.98 Å². The highest BCUT2D eigenvalue weighted by Crippen LogP contribution is 2.33. The number of nitrogens with zero attached hydrogens (tertiary/aromatic N) is 3. The number of thiazole rings is 1. The number of aryl methyl sites for hydroxylation is 2. The van der Waals surface area contributed by atoms with E-state index in [9.17, 15) is 0 Å². The van der Waals surface area contributed by atoms with Gasteiger partial charge in [0, 0.05) is 34.0 Å². The Hall–Kier alpha value is -2.60. The lowest BCUT2D eigenvalue weighted by molar-refractivity contribution is 0.394. The van der Waals surface area contributed by atoms with Gasteiger partial charge in [-0.15, -0.1) is 11.3 Å². The summed E-state index contributed by atoms with van der Waals surface area (Å²) in [6, 6.07) is 5.99. The molecular formula is C17H15N3O2S. The zero-order chi connectivity index (χ0) is 16.0. The molecule has 0 fully saturated rings. The van der Waals surface area contributed by atoms with Gasteiger partial charge in [0.05, 0.1) is 12.0 Å². The first-order valence-corrected chi connectivity index (χ1v) is 8.12. The molecule has 0 aliphatic rings. The van der Waals surface area contributed by atoms with E-state index >= 15 is 0 Å². The Bertz CT molecular complexity index is 960. The zero-order valence-electron chi connectivity index (χ0n) is 13.0. The van der Waals surface area contributed by atoms with E-state index < -0.39 is 0 Å². The van der Waals surface area contributed by atoms with Crippen molar-refractivity contribution in [1.29, 1.82) is 0 Å². The van der Waals surface area contributed by atoms with Crippen LogP contribution in [0.2, 0.25) is 0 Å². The topological polar surface area (TPSA) is 57.0 Å². The van der Waals surface area contributed by atoms with Gasteiger partial charge in [0.15, 0.2) is 5.82 Å². The second kappa shape index (κ2) is 5.24. The molecule has 0 unspecified atom stereocenters. The van der Waals surface area contributed by atoms with Crippen LogP contribution in [0.1, 0.15) is 17.1 Å². The van der Waals surface area contributed by atoms with Crippen molar-refractivity contribution < 1.29 is 8.94 Å². The highest BCUT2D eigenvalue weighted by Gasteiger charge is 2.17. The minimum absolute atomic E-state index is 0.796. The summed E-state index contributed by atoms with van der Waals surface area (Å²) in [5, 5.41) is 7.14. The van der Waals surface area contributed by atoms with Crippen molar-refractivity contribution in [3.63, 3.8) is 0 Å². The predicted molar refractivity (Wildman–Crippen MR) is 88.9 cm³/mol. The van der Waals surface area contributed by atoms with Gasteiger partial charge in [0.2, 0.25) is 0 Å². The SMILES string of the molecule is Cc1cc(-n2c(C)cc(-c3csc(-c4ccoc4)n3)c2C)no1. The van der Waals surface area contributed by atoms with Gasteiger partial charge in [0.25, 0.3) is 0 Å². The van der Waals surface area contributed by atoms with Crippen molar-refractivity contribution in [2.45, 2.75) is 20.8 Å². The van der Waals surface area contributed by atoms with E-state index in [1.165, 1.54) is 0 Å². The Morgan fingerprint density at radius 3 is 2.74 bits per heavy atom. The summed E-state index contributed by atoms with van der Waals surface area (Å²) in [6.45, 7) is 6.02. The summed E-state index contributed by atoms with van der Waals surface area (Å²) in [7, 11) is 0. The zero-order valence-corrected chi connectivity index (χ0v) is 13.8. The molecule has 4 aromatic heterocycles. The van der Waals surface area contributed by atoms with Crippen LogP contribution in [0.4, 0.5) is 0 Å². The normalized spacial score (nSPS) is 11.3. The molecule has 0 spiro atoms. The fourth-order valence-electron chi connectivity index (χ4n) is 2.75. The van der Waals surface area contributed by atoms with Gasteiger partial charge in [-0.3, -0.25) is 4.57 Å². The Balaban J connectivity index is 1.79. The highest BCUT2D eigenvalue weighted by atomic mass is 32.1. The van der Waals surface area contributed by atoms with E-state index in [4.69, 9.17) is 13.9 Å². The van der Waals surface area contributed by atoms with E-state index in [1.54, 1.807) is 23.9 Å². The minimum atomic E-state index is 0.796. The van der Waals surface area contributed by atoms with Gasteiger partial charge in [-0.1, -0.05) is 5.16 Å². The van der Waals surface area contributed by atoms with E-state index in [0.717, 1.165) is 44.8 Å². The number of aromatic nitrogens is 3. The highest BCUT2D eigenvalue weighted by molar-refractivity contribution is 7.13. The molecule has 0 amide bonds. The molecule has 0 N–H and O–H groups in total. The van der Waals surface area contributed by atoms with Gasteiger partial charge in [-0.2, -0.15) is 0 Å². The first-order chi connectivity index (χ1) is 11.1. The molecule has 6 heteroatoms. The Morgan fingerprint density at radius 2 is 2.04 bits per heavy atom. The number of rotatable bonds is 3. The molecule has 0 bridgehead atoms. The van der Waals surface area contributed by atoms with Gasteiger partial charge >= 0.3 is 0 Å². The fraction of sp³-hybridized carbons (Fsp3) is 0.176. The van der Waals surface area contributed by atoms with Crippen LogP contribution < -0.4 is 0 Å². The molecule has 4 aromatic rings. The van der Waals surface area contributed by atoms with Crippen molar-refractivity contribution in [1.82, 2.24) is 14.7 Å². The molecule has 5 nitrogen and oxygen atoms in total. The molecule has 0 aromatic carbocycles. The number of hydrogen-bond donors (Lipinski definition) is 0. The maximum atomic E-state index is 5.20. The number of furan rings is 1. The number of hydrogen-bond acceptors (Lipinski definition) is 5. The average Bonchev–Trinajstić information content (AvgIpc) is 3.26. The van der Waals surface area contributed by atoms with Gasteiger partial charge in [0.1, 0.15) is 17.0 Å². The van der Waals surface area contributed by atoms with Crippen LogP contribution in [-0.4, -0.2) is 14.7 Å². The first-order valence-electron chi connectivity index (χ1n) is 7.24. The van der Waals surface area contributed by atoms with Crippen LogP contribution in [0.25, 0.3) is 27.6 Å². The van der Waals surface area contributed by atoms with Crippen LogP contribution in [0.3, 0.4) is 0 Å². The maximum absolute atomic E-state index is 5.20. The second-order valence-electron chi connectivity index (χ2n) is 5.47. The molecule has 4 heterocycles. The lowest BCUT2D eigenvalue weighted by Crippen LogP contribution is -1.99. The van der Waals surface area contributed by atoms with Crippen LogP contribution in [0, 0.1) is 20.8 Å². The van der Waals surface area contributed by atoms with Crippen LogP contribution >= 0.6 is 11.3 Å². The third-order valence-corrected chi connectivity index (χ3v) is 4.72. The Labute approximate surface area is 137 Å². The molecule has 23 heavy (non-hydrogen) atoms. The third kappa shape index (κ3) is 2.31. The van der Waals surface area contributed by atoms with E-state index in [1.807, 2.05) is 19.1 Å². The van der Waals surface area contributed by atoms with Crippen molar-refractivity contribution in [3.05, 3.63) is 53.3 Å². The standard InChI is InChI=1S/C17H15N3O2S/c1-10-6-14(12(3)20(10)16-7-11(2)22-19-16)15-9-23-17(18-15)13-4-5-21-8-13/h4-9H,1-3H3. The average molecular weight is 325 g/mol. The lowest BCUT2D eigenvalue weighted by Gasteiger charge is -2.04. The van der Waals surface area contributed by atoms with Crippen molar-refractivity contribution in [2.24, 2.45) is 0 Å². The van der Waals surface area contributed by atoms with Crippen LogP contribution in [0.15, 0.2) is 45.0 Å². The monoisotopic (exact) mass is 325 g/mol. The fourth-order valence-corrected chi connectivity index (χ4v) is 3.56. The summed E-state index contributed by atoms with van der Waals surface area (Å²) in [6.07, 6.45) is 3.37. The summed E-state index contributed by atoms with van der Waals surface area (Å²) in [5.74, 6) is 1.60. The third-order valence-electron chi connectivity index (χ3n) is 3.82. The van der Waals surface area contributed by atoms with Gasteiger partial charge < -0.3 is 8.94 Å². The smallest absolute Gasteiger partial charge is 0.180 e.